The lowest BCUT2D eigenvalue weighted by molar-refractivity contribution is -0.130. The highest BCUT2D eigenvalue weighted by Gasteiger charge is 2.58. The van der Waals surface area contributed by atoms with Gasteiger partial charge in [-0.05, 0) is 0 Å². The summed E-state index contributed by atoms with van der Waals surface area (Å²) in [6.07, 6.45) is -3.11. The number of carbonyl (C=O) groups excluding carboxylic acids is 2. The molecule has 3 rings (SSSR count). The monoisotopic (exact) mass is 299 g/mol. The van der Waals surface area contributed by atoms with Crippen LogP contribution >= 0.6 is 0 Å². The number of fused-ring (bicyclic) bond motifs is 1. The first-order valence-electron chi connectivity index (χ1n) is 6.12. The van der Waals surface area contributed by atoms with E-state index in [9.17, 15) is 19.8 Å². The first-order chi connectivity index (χ1) is 9.86. The van der Waals surface area contributed by atoms with Crippen molar-refractivity contribution in [1.82, 2.24) is 10.2 Å². The number of nitrogens with one attached hydrogen (secondary N) is 1. The summed E-state index contributed by atoms with van der Waals surface area (Å²) in [5.74, 6) is -3.60. The topological polar surface area (TPSA) is 170 Å². The average molecular weight is 299 g/mol. The van der Waals surface area contributed by atoms with E-state index in [4.69, 9.17) is 15.6 Å². The number of urea groups is 1. The van der Waals surface area contributed by atoms with Gasteiger partial charge < -0.3 is 25.8 Å². The van der Waals surface area contributed by atoms with E-state index in [-0.39, 0.29) is 12.4 Å². The van der Waals surface area contributed by atoms with Gasteiger partial charge in [-0.3, -0.25) is 10.1 Å². The number of carbonyl (C=O) groups is 2. The van der Waals surface area contributed by atoms with E-state index < -0.39 is 48.5 Å². The second-order valence-corrected chi connectivity index (χ2v) is 4.81. The van der Waals surface area contributed by atoms with E-state index in [0.717, 1.165) is 0 Å². The van der Waals surface area contributed by atoms with Gasteiger partial charge in [-0.25, -0.2) is 9.69 Å². The lowest BCUT2D eigenvalue weighted by Crippen LogP contribution is -2.63. The number of aliphatic hydroxyl groups excluding tert-OH is 2. The number of ether oxygens (including phenoxy) is 1. The van der Waals surface area contributed by atoms with Crippen molar-refractivity contribution in [1.29, 1.82) is 0 Å². The third kappa shape index (κ3) is 1.90. The van der Waals surface area contributed by atoms with Crippen LogP contribution < -0.4 is 11.1 Å². The number of hydrogen-bond acceptors (Lipinski definition) is 8. The molecule has 21 heavy (non-hydrogen) atoms. The highest BCUT2D eigenvalue weighted by molar-refractivity contribution is 6.48. The van der Waals surface area contributed by atoms with Crippen LogP contribution in [-0.4, -0.2) is 74.7 Å². The molecule has 0 aromatic heterocycles. The molecule has 11 heteroatoms. The molecule has 3 amide bonds. The minimum atomic E-state index is -2.38. The number of aliphatic imine (C=N–C) groups is 2. The zero-order valence-electron chi connectivity index (χ0n) is 10.6. The molecule has 11 nitrogen and oxygen atoms in total. The molecule has 0 saturated carbocycles. The van der Waals surface area contributed by atoms with Gasteiger partial charge in [0.25, 0.3) is 11.8 Å². The summed E-state index contributed by atoms with van der Waals surface area (Å²) < 4.78 is 5.29. The van der Waals surface area contributed by atoms with Gasteiger partial charge in [-0.15, -0.1) is 0 Å². The quantitative estimate of drug-likeness (QED) is 0.351. The Morgan fingerprint density at radius 2 is 2.24 bits per heavy atom. The maximum atomic E-state index is 12.0. The predicted octanol–water partition coefficient (Wildman–Crippen LogP) is -3.58. The molecule has 0 aliphatic carbocycles. The Balaban J connectivity index is 1.96. The third-order valence-corrected chi connectivity index (χ3v) is 3.47. The molecule has 3 heterocycles. The Labute approximate surface area is 117 Å². The van der Waals surface area contributed by atoms with Crippen LogP contribution in [0.5, 0.6) is 0 Å². The van der Waals surface area contributed by atoms with Crippen molar-refractivity contribution < 1.29 is 29.6 Å². The number of aliphatic hydroxyl groups is 3. The molecule has 114 valence electrons. The fourth-order valence-electron chi connectivity index (χ4n) is 2.51. The number of amides is 3. The standard InChI is InChI=1S/C10H13N5O6/c11-8-13-7(18)6-10(20,14-8)15(9(19)12-6)5-1-3(17)4(2-16)21-5/h3-5,16-17,20H,1-2H2,(H3,11,13,14,18)/t3?,4-,5-,10?/m1/s1. The van der Waals surface area contributed by atoms with Crippen molar-refractivity contribution in [3.8, 4) is 0 Å². The summed E-state index contributed by atoms with van der Waals surface area (Å²) >= 11 is 0. The Morgan fingerprint density at radius 1 is 1.52 bits per heavy atom. The molecular formula is C10H13N5O6. The molecule has 1 fully saturated rings. The molecule has 4 atom stereocenters. The Bertz CT molecular complexity index is 576. The normalized spacial score (nSPS) is 39.0. The molecule has 0 radical (unpaired) electrons. The van der Waals surface area contributed by atoms with Crippen LogP contribution in [0.1, 0.15) is 6.42 Å². The van der Waals surface area contributed by atoms with Crippen molar-refractivity contribution in [2.75, 3.05) is 6.61 Å². The Hall–Kier alpha value is -2.08. The predicted molar refractivity (Wildman–Crippen MR) is 65.8 cm³/mol. The maximum Gasteiger partial charge on any atom is 0.350 e. The molecule has 0 aromatic rings. The van der Waals surface area contributed by atoms with E-state index in [2.05, 4.69) is 15.3 Å². The fraction of sp³-hybridized carbons (Fsp3) is 0.600. The summed E-state index contributed by atoms with van der Waals surface area (Å²) in [5, 5.41) is 31.4. The molecule has 3 aliphatic rings. The summed E-state index contributed by atoms with van der Waals surface area (Å²) in [6.45, 7) is -0.461. The van der Waals surface area contributed by atoms with E-state index in [0.29, 0.717) is 4.90 Å². The number of rotatable bonds is 2. The summed E-state index contributed by atoms with van der Waals surface area (Å²) in [5.41, 5.74) is 4.87. The summed E-state index contributed by atoms with van der Waals surface area (Å²) in [6, 6.07) is -0.947. The van der Waals surface area contributed by atoms with Gasteiger partial charge in [-0.1, -0.05) is 0 Å². The van der Waals surface area contributed by atoms with Gasteiger partial charge in [-0.2, -0.15) is 9.98 Å². The number of guanidine groups is 1. The van der Waals surface area contributed by atoms with Gasteiger partial charge >= 0.3 is 6.03 Å². The first kappa shape index (κ1) is 13.9. The summed E-state index contributed by atoms with van der Waals surface area (Å²) in [4.78, 5) is 31.5. The maximum absolute atomic E-state index is 12.0. The first-order valence-corrected chi connectivity index (χ1v) is 6.12. The van der Waals surface area contributed by atoms with E-state index in [1.807, 2.05) is 0 Å². The molecule has 3 aliphatic heterocycles. The smallest absolute Gasteiger partial charge is 0.350 e. The molecular weight excluding hydrogens is 286 g/mol. The largest absolute Gasteiger partial charge is 0.394 e. The van der Waals surface area contributed by atoms with E-state index >= 15 is 0 Å². The van der Waals surface area contributed by atoms with Gasteiger partial charge in [0.1, 0.15) is 12.3 Å². The fourth-order valence-corrected chi connectivity index (χ4v) is 2.51. The zero-order chi connectivity index (χ0) is 15.4. The molecule has 0 bridgehead atoms. The van der Waals surface area contributed by atoms with Crippen molar-refractivity contribution >= 4 is 23.6 Å². The molecule has 0 aromatic carbocycles. The van der Waals surface area contributed by atoms with Crippen LogP contribution in [0.4, 0.5) is 4.79 Å². The molecule has 0 spiro atoms. The number of hydrogen-bond donors (Lipinski definition) is 5. The van der Waals surface area contributed by atoms with Crippen molar-refractivity contribution in [3.05, 3.63) is 0 Å². The van der Waals surface area contributed by atoms with Crippen LogP contribution in [0, 0.1) is 0 Å². The van der Waals surface area contributed by atoms with Crippen molar-refractivity contribution in [3.63, 3.8) is 0 Å². The van der Waals surface area contributed by atoms with Gasteiger partial charge in [0.05, 0.1) is 12.7 Å². The van der Waals surface area contributed by atoms with Crippen LogP contribution in [0.25, 0.3) is 0 Å². The minimum absolute atomic E-state index is 0.0703. The average Bonchev–Trinajstić information content (AvgIpc) is 2.86. The van der Waals surface area contributed by atoms with Crippen LogP contribution in [0.3, 0.4) is 0 Å². The molecule has 1 saturated heterocycles. The summed E-state index contributed by atoms with van der Waals surface area (Å²) in [7, 11) is 0. The van der Waals surface area contributed by atoms with E-state index in [1.54, 1.807) is 0 Å². The minimum Gasteiger partial charge on any atom is -0.394 e. The Kier molecular flexibility index (Phi) is 2.95. The second-order valence-electron chi connectivity index (χ2n) is 4.81. The highest BCUT2D eigenvalue weighted by atomic mass is 16.6. The lowest BCUT2D eigenvalue weighted by atomic mass is 10.1. The lowest BCUT2D eigenvalue weighted by Gasteiger charge is -2.35. The van der Waals surface area contributed by atoms with Crippen molar-refractivity contribution in [2.45, 2.75) is 30.7 Å². The Morgan fingerprint density at radius 3 is 2.86 bits per heavy atom. The van der Waals surface area contributed by atoms with Gasteiger partial charge in [0.15, 0.2) is 11.7 Å². The third-order valence-electron chi connectivity index (χ3n) is 3.47. The van der Waals surface area contributed by atoms with Crippen LogP contribution in [0.15, 0.2) is 9.98 Å². The van der Waals surface area contributed by atoms with Crippen LogP contribution in [0.2, 0.25) is 0 Å². The highest BCUT2D eigenvalue weighted by Crippen LogP contribution is 2.34. The number of nitrogens with zero attached hydrogens (tertiary/aromatic N) is 3. The second kappa shape index (κ2) is 4.46. The van der Waals surface area contributed by atoms with E-state index in [1.165, 1.54) is 0 Å². The zero-order valence-corrected chi connectivity index (χ0v) is 10.6. The molecule has 2 unspecified atom stereocenters. The molecule has 6 N–H and O–H groups in total. The van der Waals surface area contributed by atoms with Crippen LogP contribution in [-0.2, 0) is 9.53 Å². The number of nitrogens with two attached hydrogens (primary N) is 1. The van der Waals surface area contributed by atoms with Gasteiger partial charge in [0.2, 0.25) is 0 Å². The SMILES string of the molecule is NC1=NC2(O)C(=NC(=O)N2[C@H]2CC(O)[C@@H](CO)O2)C(=O)N1. The van der Waals surface area contributed by atoms with Gasteiger partial charge in [0, 0.05) is 6.42 Å². The van der Waals surface area contributed by atoms with Crippen molar-refractivity contribution in [2.24, 2.45) is 15.7 Å².